The van der Waals surface area contributed by atoms with Crippen LogP contribution in [0.5, 0.6) is 5.75 Å². The first-order chi connectivity index (χ1) is 9.52. The average molecular weight is 316 g/mol. The quantitative estimate of drug-likeness (QED) is 0.611. The second-order valence-corrected chi connectivity index (χ2v) is 4.85. The molecular formula is C13H18ClN3O4. The van der Waals surface area contributed by atoms with E-state index in [-0.39, 0.29) is 29.7 Å². The molecule has 2 rings (SSSR count). The first kappa shape index (κ1) is 17.2. The molecule has 3 N–H and O–H groups in total. The molecule has 1 amide bonds. The monoisotopic (exact) mass is 315 g/mol. The van der Waals surface area contributed by atoms with E-state index in [4.69, 9.17) is 10.5 Å². The third kappa shape index (κ3) is 4.30. The zero-order valence-electron chi connectivity index (χ0n) is 11.6. The Hall–Kier alpha value is -1.86. The van der Waals surface area contributed by atoms with Crippen molar-refractivity contribution < 1.29 is 14.5 Å². The maximum Gasteiger partial charge on any atom is 0.282 e. The fraction of sp³-hybridized carbons (Fsp3) is 0.462. The van der Waals surface area contributed by atoms with Gasteiger partial charge < -0.3 is 15.8 Å². The van der Waals surface area contributed by atoms with E-state index in [0.717, 1.165) is 12.8 Å². The summed E-state index contributed by atoms with van der Waals surface area (Å²) in [5.41, 5.74) is 5.62. The lowest BCUT2D eigenvalue weighted by Gasteiger charge is -2.12. The number of nitrogens with two attached hydrogens (primary N) is 1. The van der Waals surface area contributed by atoms with Gasteiger partial charge in [0.25, 0.3) is 11.6 Å². The van der Waals surface area contributed by atoms with E-state index in [1.165, 1.54) is 25.3 Å². The molecule has 0 aromatic heterocycles. The Bertz CT molecular complexity index is 534. The van der Waals surface area contributed by atoms with E-state index in [9.17, 15) is 14.9 Å². The van der Waals surface area contributed by atoms with Crippen LogP contribution in [-0.4, -0.2) is 30.5 Å². The number of carbonyl (C=O) groups excluding carboxylic acids is 1. The number of nitrogens with zero attached hydrogens (tertiary/aromatic N) is 1. The molecule has 0 bridgehead atoms. The van der Waals surface area contributed by atoms with Gasteiger partial charge in [0.05, 0.1) is 12.0 Å². The number of nitro benzene ring substituents is 1. The van der Waals surface area contributed by atoms with Crippen LogP contribution < -0.4 is 15.8 Å². The smallest absolute Gasteiger partial charge is 0.282 e. The van der Waals surface area contributed by atoms with Gasteiger partial charge >= 0.3 is 0 Å². The second-order valence-electron chi connectivity index (χ2n) is 4.85. The number of rotatable bonds is 6. The number of carbonyl (C=O) groups is 1. The van der Waals surface area contributed by atoms with E-state index >= 15 is 0 Å². The Balaban J connectivity index is 0.00000220. The molecule has 1 atom stereocenters. The highest BCUT2D eigenvalue weighted by Gasteiger charge is 2.29. The molecule has 0 aliphatic heterocycles. The maximum atomic E-state index is 12.1. The molecule has 0 spiro atoms. The fourth-order valence-corrected chi connectivity index (χ4v) is 1.98. The van der Waals surface area contributed by atoms with Crippen LogP contribution >= 0.6 is 12.4 Å². The molecule has 8 heteroatoms. The molecule has 116 valence electrons. The van der Waals surface area contributed by atoms with Crippen molar-refractivity contribution in [2.24, 2.45) is 11.7 Å². The van der Waals surface area contributed by atoms with E-state index < -0.39 is 10.8 Å². The number of benzene rings is 1. The van der Waals surface area contributed by atoms with Gasteiger partial charge in [-0.3, -0.25) is 14.9 Å². The number of nitro groups is 1. The molecule has 1 aliphatic rings. The third-order valence-corrected chi connectivity index (χ3v) is 3.37. The zero-order valence-corrected chi connectivity index (χ0v) is 12.4. The summed E-state index contributed by atoms with van der Waals surface area (Å²) in [5.74, 6) is 0.342. The van der Waals surface area contributed by atoms with E-state index in [0.29, 0.717) is 18.2 Å². The standard InChI is InChI=1S/C13H17N3O4.ClH/c1-20-9-4-5-12(16(18)19)10(6-9)13(17)15-7-11(14)8-2-3-8;/h4-6,8,11H,2-3,7,14H2,1H3,(H,15,17);1H. The number of methoxy groups -OCH3 is 1. The predicted molar refractivity (Wildman–Crippen MR) is 79.9 cm³/mol. The summed E-state index contributed by atoms with van der Waals surface area (Å²) >= 11 is 0. The number of hydrogen-bond acceptors (Lipinski definition) is 5. The number of ether oxygens (including phenoxy) is 1. The van der Waals surface area contributed by atoms with Crippen LogP contribution in [0.4, 0.5) is 5.69 Å². The molecule has 1 aliphatic carbocycles. The van der Waals surface area contributed by atoms with E-state index in [1.54, 1.807) is 0 Å². The van der Waals surface area contributed by atoms with Crippen molar-refractivity contribution in [3.63, 3.8) is 0 Å². The van der Waals surface area contributed by atoms with Crippen LogP contribution in [0, 0.1) is 16.0 Å². The van der Waals surface area contributed by atoms with Gasteiger partial charge in [-0.25, -0.2) is 0 Å². The Morgan fingerprint density at radius 2 is 2.24 bits per heavy atom. The normalized spacial score (nSPS) is 14.8. The Labute approximate surface area is 128 Å². The van der Waals surface area contributed by atoms with Gasteiger partial charge in [-0.15, -0.1) is 12.4 Å². The summed E-state index contributed by atoms with van der Waals surface area (Å²) in [5, 5.41) is 13.6. The molecule has 1 aromatic rings. The summed E-state index contributed by atoms with van der Waals surface area (Å²) in [4.78, 5) is 22.4. The lowest BCUT2D eigenvalue weighted by atomic mass is 10.1. The molecule has 21 heavy (non-hydrogen) atoms. The van der Waals surface area contributed by atoms with E-state index in [2.05, 4.69) is 5.32 Å². The van der Waals surface area contributed by atoms with Gasteiger partial charge in [-0.05, 0) is 30.9 Å². The summed E-state index contributed by atoms with van der Waals surface area (Å²) in [6, 6.07) is 3.97. The number of amides is 1. The van der Waals surface area contributed by atoms with Gasteiger partial charge in [-0.2, -0.15) is 0 Å². The van der Waals surface area contributed by atoms with Gasteiger partial charge in [0, 0.05) is 18.7 Å². The minimum absolute atomic E-state index is 0. The fourth-order valence-electron chi connectivity index (χ4n) is 1.98. The van der Waals surface area contributed by atoms with Crippen molar-refractivity contribution in [2.75, 3.05) is 13.7 Å². The molecule has 0 heterocycles. The molecule has 0 saturated heterocycles. The Morgan fingerprint density at radius 1 is 1.57 bits per heavy atom. The highest BCUT2D eigenvalue weighted by Crippen LogP contribution is 2.31. The summed E-state index contributed by atoms with van der Waals surface area (Å²) in [7, 11) is 1.44. The van der Waals surface area contributed by atoms with Crippen LogP contribution in [0.1, 0.15) is 23.2 Å². The van der Waals surface area contributed by atoms with Gasteiger partial charge in [0.2, 0.25) is 0 Å². The van der Waals surface area contributed by atoms with Crippen molar-refractivity contribution >= 4 is 24.0 Å². The molecule has 7 nitrogen and oxygen atoms in total. The van der Waals surface area contributed by atoms with Crippen molar-refractivity contribution in [1.29, 1.82) is 0 Å². The molecule has 1 saturated carbocycles. The van der Waals surface area contributed by atoms with Crippen LogP contribution in [0.15, 0.2) is 18.2 Å². The van der Waals surface area contributed by atoms with Crippen molar-refractivity contribution in [3.05, 3.63) is 33.9 Å². The lowest BCUT2D eigenvalue weighted by Crippen LogP contribution is -2.38. The topological polar surface area (TPSA) is 107 Å². The minimum Gasteiger partial charge on any atom is -0.497 e. The van der Waals surface area contributed by atoms with Crippen LogP contribution in [0.3, 0.4) is 0 Å². The predicted octanol–water partition coefficient (Wildman–Crippen LogP) is 1.49. The molecule has 0 radical (unpaired) electrons. The van der Waals surface area contributed by atoms with Gasteiger partial charge in [0.1, 0.15) is 11.3 Å². The van der Waals surface area contributed by atoms with Crippen molar-refractivity contribution in [1.82, 2.24) is 5.32 Å². The van der Waals surface area contributed by atoms with Crippen molar-refractivity contribution in [2.45, 2.75) is 18.9 Å². The van der Waals surface area contributed by atoms with Crippen molar-refractivity contribution in [3.8, 4) is 5.75 Å². The molecular weight excluding hydrogens is 298 g/mol. The number of nitrogens with one attached hydrogen (secondary N) is 1. The molecule has 1 unspecified atom stereocenters. The summed E-state index contributed by atoms with van der Waals surface area (Å²) in [6.07, 6.45) is 2.16. The third-order valence-electron chi connectivity index (χ3n) is 3.37. The van der Waals surface area contributed by atoms with Gasteiger partial charge in [-0.1, -0.05) is 0 Å². The largest absolute Gasteiger partial charge is 0.497 e. The SMILES string of the molecule is COc1ccc([N+](=O)[O-])c(C(=O)NCC(N)C2CC2)c1.Cl. The lowest BCUT2D eigenvalue weighted by molar-refractivity contribution is -0.385. The summed E-state index contributed by atoms with van der Waals surface area (Å²) < 4.78 is 4.99. The zero-order chi connectivity index (χ0) is 14.7. The van der Waals surface area contributed by atoms with Crippen LogP contribution in [0.25, 0.3) is 0 Å². The molecule has 1 aromatic carbocycles. The Morgan fingerprint density at radius 3 is 2.76 bits per heavy atom. The highest BCUT2D eigenvalue weighted by molar-refractivity contribution is 5.98. The van der Waals surface area contributed by atoms with Crippen LogP contribution in [-0.2, 0) is 0 Å². The average Bonchev–Trinajstić information content (AvgIpc) is 3.28. The first-order valence-corrected chi connectivity index (χ1v) is 6.39. The second kappa shape index (κ2) is 7.24. The highest BCUT2D eigenvalue weighted by atomic mass is 35.5. The first-order valence-electron chi connectivity index (χ1n) is 6.39. The Kier molecular flexibility index (Phi) is 5.92. The summed E-state index contributed by atoms with van der Waals surface area (Å²) in [6.45, 7) is 0.317. The molecule has 1 fully saturated rings. The minimum atomic E-state index is -0.588. The number of halogens is 1. The van der Waals surface area contributed by atoms with Crippen LogP contribution in [0.2, 0.25) is 0 Å². The number of hydrogen-bond donors (Lipinski definition) is 2. The van der Waals surface area contributed by atoms with Gasteiger partial charge in [0.15, 0.2) is 0 Å². The van der Waals surface area contributed by atoms with E-state index in [1.807, 2.05) is 0 Å². The maximum absolute atomic E-state index is 12.1.